The highest BCUT2D eigenvalue weighted by molar-refractivity contribution is 8.00. The molecule has 1 amide bonds. The van der Waals surface area contributed by atoms with E-state index in [1.165, 1.54) is 16.3 Å². The van der Waals surface area contributed by atoms with Crippen molar-refractivity contribution in [3.8, 4) is 0 Å². The molecular weight excluding hydrogens is 328 g/mol. The van der Waals surface area contributed by atoms with Crippen LogP contribution in [0.25, 0.3) is 0 Å². The molecule has 0 aromatic carbocycles. The van der Waals surface area contributed by atoms with Crippen molar-refractivity contribution in [2.75, 3.05) is 18.1 Å². The van der Waals surface area contributed by atoms with Gasteiger partial charge in [0.25, 0.3) is 0 Å². The lowest BCUT2D eigenvalue weighted by molar-refractivity contribution is -0.131. The Balaban J connectivity index is 2.08. The minimum absolute atomic E-state index is 0.0326. The molecule has 0 saturated carbocycles. The molecule has 0 radical (unpaired) electrons. The van der Waals surface area contributed by atoms with Crippen molar-refractivity contribution in [3.63, 3.8) is 0 Å². The number of nitrogens with zero attached hydrogens (tertiary/aromatic N) is 3. The first kappa shape index (κ1) is 17.1. The van der Waals surface area contributed by atoms with Crippen molar-refractivity contribution >= 4 is 27.5 Å². The Bertz CT molecular complexity index is 709. The lowest BCUT2D eigenvalue weighted by Gasteiger charge is -2.29. The van der Waals surface area contributed by atoms with Crippen LogP contribution in [0, 0.1) is 0 Å². The summed E-state index contributed by atoms with van der Waals surface area (Å²) in [6.45, 7) is 4.03. The largest absolute Gasteiger partial charge is 0.343 e. The topological polar surface area (TPSA) is 105 Å². The number of sulfone groups is 1. The van der Waals surface area contributed by atoms with Gasteiger partial charge < -0.3 is 4.90 Å². The first-order valence-corrected chi connectivity index (χ1v) is 9.74. The van der Waals surface area contributed by atoms with Crippen molar-refractivity contribution in [2.24, 2.45) is 7.05 Å². The Morgan fingerprint density at radius 1 is 1.59 bits per heavy atom. The Morgan fingerprint density at radius 3 is 2.73 bits per heavy atom. The first-order valence-electron chi connectivity index (χ1n) is 7.04. The van der Waals surface area contributed by atoms with E-state index in [-0.39, 0.29) is 29.1 Å². The van der Waals surface area contributed by atoms with Gasteiger partial charge in [-0.3, -0.25) is 9.36 Å². The van der Waals surface area contributed by atoms with Gasteiger partial charge in [-0.05, 0) is 20.3 Å². The monoisotopic (exact) mass is 348 g/mol. The third kappa shape index (κ3) is 3.54. The van der Waals surface area contributed by atoms with Gasteiger partial charge >= 0.3 is 5.69 Å². The molecule has 1 aromatic heterocycles. The molecule has 1 N–H and O–H groups in total. The summed E-state index contributed by atoms with van der Waals surface area (Å²) in [5, 5.41) is 6.17. The molecule has 0 unspecified atom stereocenters. The summed E-state index contributed by atoms with van der Waals surface area (Å²) >= 11 is 1.18. The van der Waals surface area contributed by atoms with Gasteiger partial charge in [-0.1, -0.05) is 11.8 Å². The second-order valence-electron chi connectivity index (χ2n) is 5.31. The Hall–Kier alpha value is -1.29. The zero-order valence-electron chi connectivity index (χ0n) is 12.8. The highest BCUT2D eigenvalue weighted by atomic mass is 32.2. The molecule has 1 fully saturated rings. The summed E-state index contributed by atoms with van der Waals surface area (Å²) in [5.41, 5.74) is -0.337. The van der Waals surface area contributed by atoms with Gasteiger partial charge in [0, 0.05) is 19.6 Å². The number of carbonyl (C=O) groups excluding carboxylic acids is 1. The minimum Gasteiger partial charge on any atom is -0.338 e. The molecule has 2 heterocycles. The van der Waals surface area contributed by atoms with Crippen molar-refractivity contribution < 1.29 is 13.2 Å². The average Bonchev–Trinajstić information content (AvgIpc) is 2.96. The number of amides is 1. The molecule has 1 aliphatic heterocycles. The summed E-state index contributed by atoms with van der Waals surface area (Å²) in [6, 6.07) is -0.256. The molecule has 8 nitrogen and oxygen atoms in total. The Morgan fingerprint density at radius 2 is 2.27 bits per heavy atom. The highest BCUT2D eigenvalue weighted by Gasteiger charge is 2.35. The lowest BCUT2D eigenvalue weighted by atomic mass is 10.2. The van der Waals surface area contributed by atoms with Crippen LogP contribution in [0.4, 0.5) is 0 Å². The van der Waals surface area contributed by atoms with Crippen molar-refractivity contribution in [1.29, 1.82) is 0 Å². The molecule has 1 aromatic rings. The molecule has 1 saturated heterocycles. The van der Waals surface area contributed by atoms with E-state index in [1.807, 2.05) is 6.92 Å². The van der Waals surface area contributed by atoms with E-state index in [0.717, 1.165) is 0 Å². The number of hydrogen-bond acceptors (Lipinski definition) is 6. The predicted octanol–water partition coefficient (Wildman–Crippen LogP) is -0.375. The van der Waals surface area contributed by atoms with Crippen LogP contribution in [-0.2, 0) is 21.7 Å². The predicted molar refractivity (Wildman–Crippen MR) is 83.6 cm³/mol. The summed E-state index contributed by atoms with van der Waals surface area (Å²) in [5.74, 6) is 0.0341. The molecule has 2 rings (SSSR count). The van der Waals surface area contributed by atoms with E-state index in [9.17, 15) is 18.0 Å². The standard InChI is InChI=1S/C12H20N4O4S2/c1-4-16(9-5-6-22(19,20)7-9)10(17)8(2)21-12-14-13-11(18)15(12)3/h8-9H,4-7H2,1-3H3,(H,13,18)/t8-,9+/m0/s1. The average molecular weight is 348 g/mol. The van der Waals surface area contributed by atoms with Crippen LogP contribution in [0.5, 0.6) is 0 Å². The van der Waals surface area contributed by atoms with Gasteiger partial charge in [-0.15, -0.1) is 5.10 Å². The van der Waals surface area contributed by atoms with Crippen LogP contribution in [-0.4, -0.2) is 63.3 Å². The number of aromatic nitrogens is 3. The van der Waals surface area contributed by atoms with Gasteiger partial charge in [0.1, 0.15) is 0 Å². The van der Waals surface area contributed by atoms with Crippen LogP contribution < -0.4 is 5.69 Å². The molecule has 1 aliphatic rings. The van der Waals surface area contributed by atoms with E-state index in [0.29, 0.717) is 18.1 Å². The van der Waals surface area contributed by atoms with Gasteiger partial charge in [0.15, 0.2) is 15.0 Å². The fourth-order valence-corrected chi connectivity index (χ4v) is 5.12. The molecule has 0 spiro atoms. The van der Waals surface area contributed by atoms with E-state index >= 15 is 0 Å². The molecule has 22 heavy (non-hydrogen) atoms. The smallest absolute Gasteiger partial charge is 0.338 e. The number of hydrogen-bond donors (Lipinski definition) is 1. The minimum atomic E-state index is -3.04. The molecule has 124 valence electrons. The van der Waals surface area contributed by atoms with E-state index in [4.69, 9.17) is 0 Å². The van der Waals surface area contributed by atoms with Crippen LogP contribution in [0.3, 0.4) is 0 Å². The first-order chi connectivity index (χ1) is 10.2. The van der Waals surface area contributed by atoms with Gasteiger partial charge in [0.2, 0.25) is 5.91 Å². The Kier molecular flexibility index (Phi) is 5.00. The van der Waals surface area contributed by atoms with Crippen LogP contribution in [0.1, 0.15) is 20.3 Å². The molecule has 10 heteroatoms. The number of nitrogens with one attached hydrogen (secondary N) is 1. The zero-order chi connectivity index (χ0) is 16.5. The van der Waals surface area contributed by atoms with E-state index < -0.39 is 15.1 Å². The van der Waals surface area contributed by atoms with Crippen molar-refractivity contribution in [1.82, 2.24) is 19.7 Å². The summed E-state index contributed by atoms with van der Waals surface area (Å²) in [7, 11) is -1.46. The lowest BCUT2D eigenvalue weighted by Crippen LogP contribution is -2.44. The highest BCUT2D eigenvalue weighted by Crippen LogP contribution is 2.24. The van der Waals surface area contributed by atoms with Crippen LogP contribution in [0.2, 0.25) is 0 Å². The number of H-pyrrole nitrogens is 1. The fraction of sp³-hybridized carbons (Fsp3) is 0.750. The molecule has 0 bridgehead atoms. The Labute approximate surface area is 133 Å². The zero-order valence-corrected chi connectivity index (χ0v) is 14.4. The summed E-state index contributed by atoms with van der Waals surface area (Å²) in [4.78, 5) is 25.5. The van der Waals surface area contributed by atoms with Gasteiger partial charge in [0.05, 0.1) is 16.8 Å². The number of thioether (sulfide) groups is 1. The second-order valence-corrected chi connectivity index (χ2v) is 8.85. The van der Waals surface area contributed by atoms with Crippen molar-refractivity contribution in [2.45, 2.75) is 36.7 Å². The number of aromatic amines is 1. The molecule has 0 aliphatic carbocycles. The molecular formula is C12H20N4O4S2. The van der Waals surface area contributed by atoms with Gasteiger partial charge in [-0.25, -0.2) is 18.3 Å². The van der Waals surface area contributed by atoms with Gasteiger partial charge in [-0.2, -0.15) is 0 Å². The second kappa shape index (κ2) is 6.45. The quantitative estimate of drug-likeness (QED) is 0.728. The third-order valence-electron chi connectivity index (χ3n) is 3.74. The number of carbonyl (C=O) groups is 1. The summed E-state index contributed by atoms with van der Waals surface area (Å²) < 4.78 is 24.5. The van der Waals surface area contributed by atoms with E-state index in [1.54, 1.807) is 18.9 Å². The maximum Gasteiger partial charge on any atom is 0.343 e. The molecule has 2 atom stereocenters. The van der Waals surface area contributed by atoms with Crippen LogP contribution >= 0.6 is 11.8 Å². The summed E-state index contributed by atoms with van der Waals surface area (Å²) in [6.07, 6.45) is 0.486. The SMILES string of the molecule is CCN(C(=O)[C@H](C)Sc1n[nH]c(=O)n1C)[C@@H]1CCS(=O)(=O)C1. The van der Waals surface area contributed by atoms with Crippen LogP contribution in [0.15, 0.2) is 9.95 Å². The number of rotatable bonds is 5. The fourth-order valence-electron chi connectivity index (χ4n) is 2.50. The third-order valence-corrected chi connectivity index (χ3v) is 6.62. The maximum absolute atomic E-state index is 12.6. The van der Waals surface area contributed by atoms with E-state index in [2.05, 4.69) is 10.2 Å². The normalized spacial score (nSPS) is 21.7. The maximum atomic E-state index is 12.6. The van der Waals surface area contributed by atoms with Crippen molar-refractivity contribution in [3.05, 3.63) is 10.5 Å².